The highest BCUT2D eigenvalue weighted by atomic mass is 32.1. The number of hydroxylamine groups is 1. The minimum atomic E-state index is 0.759. The molecule has 0 aromatic rings. The Hall–Kier alpha value is -0.830. The molecule has 1 N–H and O–H groups in total. The van der Waals surface area contributed by atoms with Gasteiger partial charge in [0.05, 0.1) is 0 Å². The van der Waals surface area contributed by atoms with Crippen molar-refractivity contribution in [1.29, 1.82) is 0 Å². The molecule has 3 heteroatoms. The first-order chi connectivity index (χ1) is 3.89. The van der Waals surface area contributed by atoms with E-state index >= 15 is 0 Å². The van der Waals surface area contributed by atoms with Crippen LogP contribution in [0.3, 0.4) is 0 Å². The highest BCUT2D eigenvalue weighted by molar-refractivity contribution is 7.81. The standard InChI is InChI=1S/C5H5NOS/c8-5-1-3-6-7-4-2-5/h1-4,6H. The van der Waals surface area contributed by atoms with Gasteiger partial charge in [0.15, 0.2) is 0 Å². The Kier molecular flexibility index (Phi) is 1.64. The molecule has 0 aromatic heterocycles. The lowest BCUT2D eigenvalue weighted by Gasteiger charge is -1.90. The fraction of sp³-hybridized carbons (Fsp3) is 0. The van der Waals surface area contributed by atoms with Gasteiger partial charge in [-0.25, -0.2) is 5.48 Å². The second-order valence-electron chi connectivity index (χ2n) is 1.27. The predicted molar refractivity (Wildman–Crippen MR) is 35.1 cm³/mol. The van der Waals surface area contributed by atoms with Gasteiger partial charge in [0, 0.05) is 11.1 Å². The first-order valence-electron chi connectivity index (χ1n) is 2.18. The Morgan fingerprint density at radius 1 is 1.50 bits per heavy atom. The summed E-state index contributed by atoms with van der Waals surface area (Å²) in [5, 5.41) is 0. The zero-order valence-corrected chi connectivity index (χ0v) is 4.94. The molecule has 0 aromatic carbocycles. The first-order valence-corrected chi connectivity index (χ1v) is 2.58. The molecule has 0 amide bonds. The molecule has 1 rings (SSSR count). The number of hydrogen-bond acceptors (Lipinski definition) is 3. The highest BCUT2D eigenvalue weighted by Crippen LogP contribution is 1.87. The van der Waals surface area contributed by atoms with E-state index in [9.17, 15) is 0 Å². The molecule has 8 heavy (non-hydrogen) atoms. The van der Waals surface area contributed by atoms with Crippen LogP contribution in [0.2, 0.25) is 0 Å². The van der Waals surface area contributed by atoms with Crippen molar-refractivity contribution >= 4 is 17.1 Å². The molecule has 0 bridgehead atoms. The Labute approximate surface area is 52.8 Å². The summed E-state index contributed by atoms with van der Waals surface area (Å²) in [5.74, 6) is 0. The van der Waals surface area contributed by atoms with E-state index in [4.69, 9.17) is 12.2 Å². The van der Waals surface area contributed by atoms with Crippen LogP contribution in [0, 0.1) is 0 Å². The van der Waals surface area contributed by atoms with Gasteiger partial charge in [-0.2, -0.15) is 0 Å². The van der Waals surface area contributed by atoms with Crippen LogP contribution in [0.5, 0.6) is 0 Å². The summed E-state index contributed by atoms with van der Waals surface area (Å²) in [7, 11) is 0. The summed E-state index contributed by atoms with van der Waals surface area (Å²) in [6.45, 7) is 0. The van der Waals surface area contributed by atoms with E-state index in [1.165, 1.54) is 6.26 Å². The Morgan fingerprint density at radius 2 is 2.38 bits per heavy atom. The van der Waals surface area contributed by atoms with Crippen LogP contribution in [0.4, 0.5) is 0 Å². The van der Waals surface area contributed by atoms with E-state index in [1.807, 2.05) is 0 Å². The van der Waals surface area contributed by atoms with Crippen LogP contribution in [-0.4, -0.2) is 4.86 Å². The van der Waals surface area contributed by atoms with Crippen molar-refractivity contribution in [2.24, 2.45) is 0 Å². The molecule has 0 saturated heterocycles. The van der Waals surface area contributed by atoms with Crippen LogP contribution in [0.15, 0.2) is 24.6 Å². The summed E-state index contributed by atoms with van der Waals surface area (Å²) in [6, 6.07) is 0. The van der Waals surface area contributed by atoms with Gasteiger partial charge >= 0.3 is 0 Å². The van der Waals surface area contributed by atoms with Crippen molar-refractivity contribution in [3.8, 4) is 0 Å². The second kappa shape index (κ2) is 2.47. The molecule has 0 radical (unpaired) electrons. The van der Waals surface area contributed by atoms with Crippen LogP contribution in [0.25, 0.3) is 0 Å². The molecule has 1 heterocycles. The minimum absolute atomic E-state index is 0.759. The highest BCUT2D eigenvalue weighted by Gasteiger charge is 1.85. The lowest BCUT2D eigenvalue weighted by atomic mass is 10.4. The van der Waals surface area contributed by atoms with Gasteiger partial charge in [-0.15, -0.1) is 0 Å². The molecular formula is C5H5NOS. The number of thiocarbonyl (C=S) groups is 1. The Balaban J connectivity index is 2.64. The molecule has 1 aliphatic heterocycles. The first kappa shape index (κ1) is 5.31. The van der Waals surface area contributed by atoms with E-state index < -0.39 is 0 Å². The van der Waals surface area contributed by atoms with Crippen molar-refractivity contribution in [2.45, 2.75) is 0 Å². The van der Waals surface area contributed by atoms with E-state index in [2.05, 4.69) is 10.3 Å². The Bertz CT molecular complexity index is 135. The summed E-state index contributed by atoms with van der Waals surface area (Å²) >= 11 is 4.80. The molecule has 0 atom stereocenters. The summed E-state index contributed by atoms with van der Waals surface area (Å²) < 4.78 is 0. The van der Waals surface area contributed by atoms with Crippen molar-refractivity contribution in [2.75, 3.05) is 0 Å². The minimum Gasteiger partial charge on any atom is -0.391 e. The van der Waals surface area contributed by atoms with Crippen molar-refractivity contribution in [3.63, 3.8) is 0 Å². The van der Waals surface area contributed by atoms with E-state index in [0.717, 1.165) is 4.86 Å². The molecule has 0 saturated carbocycles. The summed E-state index contributed by atoms with van der Waals surface area (Å²) in [5.41, 5.74) is 2.52. The number of hydrogen-bond donors (Lipinski definition) is 1. The van der Waals surface area contributed by atoms with Crippen LogP contribution < -0.4 is 5.48 Å². The van der Waals surface area contributed by atoms with Gasteiger partial charge in [-0.1, -0.05) is 12.2 Å². The lowest BCUT2D eigenvalue weighted by Crippen LogP contribution is -1.97. The monoisotopic (exact) mass is 127 g/mol. The zero-order valence-electron chi connectivity index (χ0n) is 4.13. The molecule has 0 fully saturated rings. The molecular weight excluding hydrogens is 122 g/mol. The number of allylic oxidation sites excluding steroid dienone is 2. The predicted octanol–water partition coefficient (Wildman–Crippen LogP) is 0.918. The van der Waals surface area contributed by atoms with E-state index in [-0.39, 0.29) is 0 Å². The summed E-state index contributed by atoms with van der Waals surface area (Å²) in [4.78, 5) is 5.42. The third kappa shape index (κ3) is 1.35. The SMILES string of the molecule is S=C1C=CNOC=C1. The van der Waals surface area contributed by atoms with Gasteiger partial charge < -0.3 is 4.84 Å². The lowest BCUT2D eigenvalue weighted by molar-refractivity contribution is 0.177. The second-order valence-corrected chi connectivity index (χ2v) is 1.75. The molecule has 1 aliphatic rings. The van der Waals surface area contributed by atoms with Gasteiger partial charge in [-0.3, -0.25) is 0 Å². The quantitative estimate of drug-likeness (QED) is 0.489. The molecule has 0 aliphatic carbocycles. The molecule has 0 spiro atoms. The van der Waals surface area contributed by atoms with Gasteiger partial charge in [0.2, 0.25) is 0 Å². The maximum absolute atomic E-state index is 4.80. The van der Waals surface area contributed by atoms with Crippen molar-refractivity contribution in [3.05, 3.63) is 24.6 Å². The van der Waals surface area contributed by atoms with Crippen LogP contribution in [-0.2, 0) is 4.84 Å². The molecule has 0 unspecified atom stereocenters. The third-order valence-corrected chi connectivity index (χ3v) is 0.956. The van der Waals surface area contributed by atoms with E-state index in [0.29, 0.717) is 0 Å². The average Bonchev–Trinajstić information content (AvgIpc) is 1.94. The zero-order chi connectivity index (χ0) is 5.82. The van der Waals surface area contributed by atoms with Crippen molar-refractivity contribution in [1.82, 2.24) is 5.48 Å². The average molecular weight is 127 g/mol. The van der Waals surface area contributed by atoms with Crippen LogP contribution >= 0.6 is 12.2 Å². The van der Waals surface area contributed by atoms with E-state index in [1.54, 1.807) is 18.4 Å². The number of rotatable bonds is 0. The maximum atomic E-state index is 4.80. The smallest absolute Gasteiger partial charge is 0.120 e. The van der Waals surface area contributed by atoms with Crippen LogP contribution in [0.1, 0.15) is 0 Å². The normalized spacial score (nSPS) is 16.8. The maximum Gasteiger partial charge on any atom is 0.120 e. The Morgan fingerprint density at radius 3 is 3.25 bits per heavy atom. The summed E-state index contributed by atoms with van der Waals surface area (Å²) in [6.07, 6.45) is 6.59. The largest absolute Gasteiger partial charge is 0.391 e. The van der Waals surface area contributed by atoms with Gasteiger partial charge in [0.25, 0.3) is 0 Å². The van der Waals surface area contributed by atoms with Gasteiger partial charge in [0.1, 0.15) is 6.26 Å². The van der Waals surface area contributed by atoms with Gasteiger partial charge in [-0.05, 0) is 12.2 Å². The third-order valence-electron chi connectivity index (χ3n) is 0.684. The molecule has 2 nitrogen and oxygen atoms in total. The fourth-order valence-electron chi connectivity index (χ4n) is 0.351. The molecule has 42 valence electrons. The fourth-order valence-corrected chi connectivity index (χ4v) is 0.475. The van der Waals surface area contributed by atoms with Crippen molar-refractivity contribution < 1.29 is 4.84 Å². The number of nitrogens with one attached hydrogen (secondary N) is 1. The topological polar surface area (TPSA) is 21.3 Å².